The van der Waals surface area contributed by atoms with Crippen molar-refractivity contribution in [3.63, 3.8) is 0 Å². The quantitative estimate of drug-likeness (QED) is 0.428. The van der Waals surface area contributed by atoms with Gasteiger partial charge in [0, 0.05) is 6.54 Å². The van der Waals surface area contributed by atoms with E-state index in [4.69, 9.17) is 5.73 Å². The number of fused-ring (bicyclic) bond motifs is 1. The highest BCUT2D eigenvalue weighted by Gasteiger charge is 2.30. The van der Waals surface area contributed by atoms with Crippen LogP contribution < -0.4 is 16.5 Å². The monoisotopic (exact) mass is 154 g/mol. The smallest absolute Gasteiger partial charge is 0.256 e. The Bertz CT molecular complexity index is 225. The molecule has 0 spiro atoms. The molecule has 0 bridgehead atoms. The van der Waals surface area contributed by atoms with Crippen molar-refractivity contribution in [1.29, 1.82) is 0 Å². The van der Waals surface area contributed by atoms with Gasteiger partial charge in [-0.3, -0.25) is 9.80 Å². The Morgan fingerprint density at radius 3 is 3.27 bits per heavy atom. The maximum Gasteiger partial charge on any atom is 0.256 e. The average molecular weight is 154 g/mol. The van der Waals surface area contributed by atoms with Gasteiger partial charge >= 0.3 is 0 Å². The molecule has 5 nitrogen and oxygen atoms in total. The van der Waals surface area contributed by atoms with Crippen molar-refractivity contribution in [2.45, 2.75) is 12.6 Å². The second kappa shape index (κ2) is 2.13. The number of primary amides is 1. The molecule has 1 amide bonds. The van der Waals surface area contributed by atoms with Gasteiger partial charge in [0.05, 0.1) is 0 Å². The summed E-state index contributed by atoms with van der Waals surface area (Å²) in [6, 6.07) is 0. The molecule has 2 aliphatic rings. The van der Waals surface area contributed by atoms with E-state index in [-0.39, 0.29) is 5.91 Å². The molecular formula is C6H10N4O. The van der Waals surface area contributed by atoms with Crippen LogP contribution in [0.2, 0.25) is 0 Å². The van der Waals surface area contributed by atoms with Crippen LogP contribution in [0.15, 0.2) is 11.9 Å². The molecular weight excluding hydrogens is 144 g/mol. The highest BCUT2D eigenvalue weighted by molar-refractivity contribution is 5.80. The van der Waals surface area contributed by atoms with Crippen molar-refractivity contribution in [3.05, 3.63) is 11.9 Å². The zero-order chi connectivity index (χ0) is 7.84. The first-order chi connectivity index (χ1) is 5.27. The van der Waals surface area contributed by atoms with Gasteiger partial charge < -0.3 is 11.1 Å². The SMILES string of the molecule is NC(=O)C1NC2=CCCN2N1. The van der Waals surface area contributed by atoms with E-state index >= 15 is 0 Å². The third-order valence-corrected chi connectivity index (χ3v) is 1.84. The fraction of sp³-hybridized carbons (Fsp3) is 0.500. The molecule has 0 radical (unpaired) electrons. The van der Waals surface area contributed by atoms with E-state index < -0.39 is 6.17 Å². The van der Waals surface area contributed by atoms with Gasteiger partial charge in [-0.1, -0.05) is 0 Å². The lowest BCUT2D eigenvalue weighted by Crippen LogP contribution is -2.46. The van der Waals surface area contributed by atoms with E-state index in [9.17, 15) is 4.79 Å². The van der Waals surface area contributed by atoms with Crippen molar-refractivity contribution >= 4 is 5.91 Å². The lowest BCUT2D eigenvalue weighted by Gasteiger charge is -2.11. The molecule has 0 aliphatic carbocycles. The summed E-state index contributed by atoms with van der Waals surface area (Å²) in [4.78, 5) is 10.7. The number of carbonyl (C=O) groups is 1. The van der Waals surface area contributed by atoms with E-state index in [2.05, 4.69) is 10.7 Å². The molecule has 11 heavy (non-hydrogen) atoms. The molecule has 5 heteroatoms. The number of nitrogens with two attached hydrogens (primary N) is 1. The third-order valence-electron chi connectivity index (χ3n) is 1.84. The first kappa shape index (κ1) is 6.48. The fourth-order valence-corrected chi connectivity index (χ4v) is 1.30. The van der Waals surface area contributed by atoms with Gasteiger partial charge in [-0.15, -0.1) is 0 Å². The Balaban J connectivity index is 2.09. The lowest BCUT2D eigenvalue weighted by atomic mass is 10.4. The van der Waals surface area contributed by atoms with Crippen molar-refractivity contribution in [1.82, 2.24) is 15.8 Å². The highest BCUT2D eigenvalue weighted by Crippen LogP contribution is 2.14. The van der Waals surface area contributed by atoms with Crippen LogP contribution in [-0.2, 0) is 4.79 Å². The number of rotatable bonds is 1. The Morgan fingerprint density at radius 2 is 2.64 bits per heavy atom. The summed E-state index contributed by atoms with van der Waals surface area (Å²) in [5.41, 5.74) is 8.01. The number of nitrogens with one attached hydrogen (secondary N) is 2. The summed E-state index contributed by atoms with van der Waals surface area (Å²) < 4.78 is 0. The Hall–Kier alpha value is -1.23. The number of hydrogen-bond acceptors (Lipinski definition) is 4. The standard InChI is InChI=1S/C6H10N4O/c7-5(11)6-8-4-2-1-3-10(4)9-6/h2,6,8-9H,1,3H2,(H2,7,11). The second-order valence-corrected chi connectivity index (χ2v) is 2.64. The second-order valence-electron chi connectivity index (χ2n) is 2.64. The van der Waals surface area contributed by atoms with Crippen molar-refractivity contribution in [2.75, 3.05) is 6.54 Å². The third kappa shape index (κ3) is 0.932. The minimum absolute atomic E-state index is 0.375. The molecule has 0 aromatic carbocycles. The van der Waals surface area contributed by atoms with Gasteiger partial charge in [-0.05, 0) is 12.5 Å². The summed E-state index contributed by atoms with van der Waals surface area (Å²) in [6.45, 7) is 0.909. The molecule has 60 valence electrons. The molecule has 2 aliphatic heterocycles. The number of carbonyl (C=O) groups excluding carboxylic acids is 1. The van der Waals surface area contributed by atoms with Gasteiger partial charge in [-0.25, -0.2) is 5.43 Å². The van der Waals surface area contributed by atoms with E-state index in [1.165, 1.54) is 0 Å². The van der Waals surface area contributed by atoms with Crippen LogP contribution in [0.5, 0.6) is 0 Å². The van der Waals surface area contributed by atoms with Crippen LogP contribution in [0.3, 0.4) is 0 Å². The summed E-state index contributed by atoms with van der Waals surface area (Å²) >= 11 is 0. The molecule has 0 saturated carbocycles. The zero-order valence-corrected chi connectivity index (χ0v) is 6.00. The molecule has 0 aromatic rings. The number of amides is 1. The topological polar surface area (TPSA) is 70.4 Å². The Morgan fingerprint density at radius 1 is 1.82 bits per heavy atom. The molecule has 2 heterocycles. The van der Waals surface area contributed by atoms with E-state index in [0.717, 1.165) is 18.8 Å². The predicted molar refractivity (Wildman–Crippen MR) is 38.7 cm³/mol. The van der Waals surface area contributed by atoms with Crippen molar-refractivity contribution in [3.8, 4) is 0 Å². The van der Waals surface area contributed by atoms with Crippen molar-refractivity contribution in [2.24, 2.45) is 5.73 Å². The first-order valence-electron chi connectivity index (χ1n) is 3.57. The summed E-state index contributed by atoms with van der Waals surface area (Å²) in [7, 11) is 0. The summed E-state index contributed by atoms with van der Waals surface area (Å²) in [6.07, 6.45) is 2.62. The minimum Gasteiger partial charge on any atom is -0.367 e. The van der Waals surface area contributed by atoms with E-state index in [0.29, 0.717) is 0 Å². The molecule has 1 atom stereocenters. The number of hydrazine groups is 1. The molecule has 2 rings (SSSR count). The summed E-state index contributed by atoms with van der Waals surface area (Å²) in [5.74, 6) is 0.592. The Labute approximate surface area is 64.2 Å². The number of nitrogens with zero attached hydrogens (tertiary/aromatic N) is 1. The molecule has 0 aromatic heterocycles. The molecule has 1 fully saturated rings. The summed E-state index contributed by atoms with van der Waals surface area (Å²) in [5, 5.41) is 4.85. The van der Waals surface area contributed by atoms with Crippen LogP contribution in [0.25, 0.3) is 0 Å². The van der Waals surface area contributed by atoms with Crippen LogP contribution in [-0.4, -0.2) is 23.6 Å². The molecule has 4 N–H and O–H groups in total. The van der Waals surface area contributed by atoms with Gasteiger partial charge in [0.25, 0.3) is 5.91 Å². The molecule has 1 saturated heterocycles. The van der Waals surface area contributed by atoms with Gasteiger partial charge in [-0.2, -0.15) is 0 Å². The van der Waals surface area contributed by atoms with Crippen LogP contribution in [0, 0.1) is 0 Å². The zero-order valence-electron chi connectivity index (χ0n) is 6.00. The van der Waals surface area contributed by atoms with Gasteiger partial charge in [0.1, 0.15) is 5.82 Å². The normalized spacial score (nSPS) is 27.8. The average Bonchev–Trinajstić information content (AvgIpc) is 2.40. The largest absolute Gasteiger partial charge is 0.367 e. The maximum absolute atomic E-state index is 10.7. The van der Waals surface area contributed by atoms with E-state index in [1.54, 1.807) is 0 Å². The van der Waals surface area contributed by atoms with Gasteiger partial charge in [0.15, 0.2) is 6.17 Å². The fourth-order valence-electron chi connectivity index (χ4n) is 1.30. The minimum atomic E-state index is -0.429. The van der Waals surface area contributed by atoms with Crippen LogP contribution in [0.1, 0.15) is 6.42 Å². The van der Waals surface area contributed by atoms with E-state index in [1.807, 2.05) is 11.1 Å². The number of hydrogen-bond donors (Lipinski definition) is 3. The van der Waals surface area contributed by atoms with Gasteiger partial charge in [0.2, 0.25) is 0 Å². The predicted octanol–water partition coefficient (Wildman–Crippen LogP) is -1.55. The first-order valence-corrected chi connectivity index (χ1v) is 3.57. The Kier molecular flexibility index (Phi) is 1.25. The van der Waals surface area contributed by atoms with Crippen LogP contribution >= 0.6 is 0 Å². The van der Waals surface area contributed by atoms with Crippen LogP contribution in [0.4, 0.5) is 0 Å². The van der Waals surface area contributed by atoms with Crippen molar-refractivity contribution < 1.29 is 4.79 Å². The lowest BCUT2D eigenvalue weighted by molar-refractivity contribution is -0.120. The highest BCUT2D eigenvalue weighted by atomic mass is 16.2. The molecule has 1 unspecified atom stereocenters. The maximum atomic E-state index is 10.7.